The van der Waals surface area contributed by atoms with Gasteiger partial charge in [-0.15, -0.1) is 0 Å². The second-order valence-corrected chi connectivity index (χ2v) is 6.71. The van der Waals surface area contributed by atoms with E-state index in [1.165, 1.54) is 4.57 Å². The molecular weight excluding hydrogens is 308 g/mol. The highest BCUT2D eigenvalue weighted by molar-refractivity contribution is 5.72. The number of anilines is 1. The van der Waals surface area contributed by atoms with Crippen LogP contribution < -0.4 is 21.9 Å². The predicted octanol–water partition coefficient (Wildman–Crippen LogP) is 0.451. The van der Waals surface area contributed by atoms with Crippen molar-refractivity contribution in [1.29, 1.82) is 0 Å². The number of H-pyrrole nitrogens is 2. The lowest BCUT2D eigenvalue weighted by molar-refractivity contribution is 0.501. The maximum absolute atomic E-state index is 12.7. The summed E-state index contributed by atoms with van der Waals surface area (Å²) < 4.78 is 1.25. The molecule has 0 radical (unpaired) electrons. The minimum absolute atomic E-state index is 0.108. The molecule has 0 aromatic carbocycles. The molecule has 0 amide bonds. The first-order valence-electron chi connectivity index (χ1n) is 8.53. The van der Waals surface area contributed by atoms with Gasteiger partial charge >= 0.3 is 5.69 Å². The molecule has 8 nitrogen and oxygen atoms in total. The molecule has 128 valence electrons. The Morgan fingerprint density at radius 1 is 1.29 bits per heavy atom. The number of allylic oxidation sites excluding steroid dienone is 2. The monoisotopic (exact) mass is 330 g/mol. The number of aromatic nitrogens is 4. The van der Waals surface area contributed by atoms with Crippen LogP contribution in [0.3, 0.4) is 0 Å². The van der Waals surface area contributed by atoms with E-state index < -0.39 is 5.69 Å². The zero-order valence-electron chi connectivity index (χ0n) is 13.5. The van der Waals surface area contributed by atoms with E-state index in [0.717, 1.165) is 44.2 Å². The number of nitrogens with one attached hydrogen (secondary N) is 2. The van der Waals surface area contributed by atoms with Gasteiger partial charge in [-0.3, -0.25) is 14.3 Å². The molecule has 0 spiro atoms. The van der Waals surface area contributed by atoms with E-state index in [2.05, 4.69) is 21.0 Å². The summed E-state index contributed by atoms with van der Waals surface area (Å²) in [4.78, 5) is 37.2. The predicted molar refractivity (Wildman–Crippen MR) is 92.3 cm³/mol. The number of hydrogen-bond acceptors (Lipinski definition) is 5. The van der Waals surface area contributed by atoms with Crippen molar-refractivity contribution in [2.24, 2.45) is 5.73 Å². The van der Waals surface area contributed by atoms with E-state index in [1.807, 2.05) is 4.90 Å². The summed E-state index contributed by atoms with van der Waals surface area (Å²) in [5.41, 5.74) is 7.09. The summed E-state index contributed by atoms with van der Waals surface area (Å²) in [6.45, 7) is 1.90. The molecule has 1 unspecified atom stereocenters. The first-order valence-corrected chi connectivity index (χ1v) is 8.53. The molecule has 1 saturated heterocycles. The number of piperidine rings is 1. The average Bonchev–Trinajstić information content (AvgIpc) is 3.21. The quantitative estimate of drug-likeness (QED) is 0.707. The molecule has 2 aliphatic rings. The Bertz CT molecular complexity index is 905. The van der Waals surface area contributed by atoms with Crippen LogP contribution in [-0.4, -0.2) is 38.7 Å². The van der Waals surface area contributed by atoms with Crippen LogP contribution in [0.2, 0.25) is 0 Å². The third-order valence-corrected chi connectivity index (χ3v) is 4.87. The Balaban J connectivity index is 1.72. The van der Waals surface area contributed by atoms with Crippen LogP contribution >= 0.6 is 0 Å². The highest BCUT2D eigenvalue weighted by atomic mass is 16.2. The fourth-order valence-corrected chi connectivity index (χ4v) is 3.58. The standard InChI is InChI=1S/C16H22N6O2/c17-11-6-3-7-21(9-11)15-18-12-13(19-15)20-16(24)22(14(12)23)8-10-4-1-2-5-10/h4,11H,1-3,5-9,17H2,(H,18,19)(H,20,24). The van der Waals surface area contributed by atoms with Crippen LogP contribution in [0.4, 0.5) is 5.95 Å². The molecule has 0 bridgehead atoms. The summed E-state index contributed by atoms with van der Waals surface area (Å²) in [6.07, 6.45) is 7.16. The highest BCUT2D eigenvalue weighted by Gasteiger charge is 2.21. The van der Waals surface area contributed by atoms with Gasteiger partial charge in [0.1, 0.15) is 0 Å². The Kier molecular flexibility index (Phi) is 3.76. The van der Waals surface area contributed by atoms with Gasteiger partial charge in [-0.25, -0.2) is 4.79 Å². The molecule has 0 saturated carbocycles. The topological polar surface area (TPSA) is 113 Å². The molecule has 4 N–H and O–H groups in total. The second-order valence-electron chi connectivity index (χ2n) is 6.71. The third-order valence-electron chi connectivity index (χ3n) is 4.87. The number of aromatic amines is 2. The largest absolute Gasteiger partial charge is 0.341 e. The van der Waals surface area contributed by atoms with Crippen molar-refractivity contribution >= 4 is 17.1 Å². The molecule has 2 aromatic rings. The zero-order chi connectivity index (χ0) is 16.7. The number of nitrogens with two attached hydrogens (primary N) is 1. The molecule has 1 atom stereocenters. The average molecular weight is 330 g/mol. The minimum atomic E-state index is -0.409. The maximum Gasteiger partial charge on any atom is 0.330 e. The van der Waals surface area contributed by atoms with Crippen molar-refractivity contribution in [2.75, 3.05) is 18.0 Å². The lowest BCUT2D eigenvalue weighted by atomic mass is 10.1. The van der Waals surface area contributed by atoms with Crippen molar-refractivity contribution < 1.29 is 0 Å². The fraction of sp³-hybridized carbons (Fsp3) is 0.562. The normalized spacial score (nSPS) is 21.5. The van der Waals surface area contributed by atoms with Gasteiger partial charge in [0.15, 0.2) is 11.2 Å². The zero-order valence-corrected chi connectivity index (χ0v) is 13.5. The van der Waals surface area contributed by atoms with Crippen LogP contribution in [-0.2, 0) is 6.54 Å². The van der Waals surface area contributed by atoms with Crippen LogP contribution in [0.5, 0.6) is 0 Å². The van der Waals surface area contributed by atoms with E-state index in [9.17, 15) is 9.59 Å². The lowest BCUT2D eigenvalue weighted by Gasteiger charge is -2.30. The van der Waals surface area contributed by atoms with Gasteiger partial charge in [0.25, 0.3) is 5.56 Å². The maximum atomic E-state index is 12.7. The number of imidazole rings is 1. The lowest BCUT2D eigenvalue weighted by Crippen LogP contribution is -2.43. The first kappa shape index (κ1) is 15.2. The summed E-state index contributed by atoms with van der Waals surface area (Å²) in [5, 5.41) is 0. The van der Waals surface area contributed by atoms with Gasteiger partial charge in [-0.2, -0.15) is 4.98 Å². The molecule has 24 heavy (non-hydrogen) atoms. The van der Waals surface area contributed by atoms with E-state index >= 15 is 0 Å². The van der Waals surface area contributed by atoms with Crippen LogP contribution in [0.15, 0.2) is 21.2 Å². The molecule has 1 fully saturated rings. The van der Waals surface area contributed by atoms with Gasteiger partial charge in [-0.1, -0.05) is 11.6 Å². The van der Waals surface area contributed by atoms with Crippen LogP contribution in [0, 0.1) is 0 Å². The van der Waals surface area contributed by atoms with Gasteiger partial charge in [0, 0.05) is 19.1 Å². The van der Waals surface area contributed by atoms with Crippen molar-refractivity contribution in [3.05, 3.63) is 32.5 Å². The number of fused-ring (bicyclic) bond motifs is 1. The highest BCUT2D eigenvalue weighted by Crippen LogP contribution is 2.19. The van der Waals surface area contributed by atoms with E-state index in [0.29, 0.717) is 30.2 Å². The van der Waals surface area contributed by atoms with Crippen LogP contribution in [0.25, 0.3) is 11.2 Å². The smallest absolute Gasteiger partial charge is 0.330 e. The summed E-state index contributed by atoms with van der Waals surface area (Å²) in [6, 6.07) is 0.108. The molecule has 4 rings (SSSR count). The van der Waals surface area contributed by atoms with Crippen molar-refractivity contribution in [3.8, 4) is 0 Å². The van der Waals surface area contributed by atoms with Crippen molar-refractivity contribution in [1.82, 2.24) is 19.5 Å². The van der Waals surface area contributed by atoms with E-state index in [1.54, 1.807) is 0 Å². The number of rotatable bonds is 3. The third kappa shape index (κ3) is 2.66. The molecule has 3 heterocycles. The van der Waals surface area contributed by atoms with Crippen LogP contribution in [0.1, 0.15) is 32.1 Å². The second kappa shape index (κ2) is 5.94. The summed E-state index contributed by atoms with van der Waals surface area (Å²) in [5.74, 6) is 0.603. The summed E-state index contributed by atoms with van der Waals surface area (Å²) >= 11 is 0. The van der Waals surface area contributed by atoms with Crippen molar-refractivity contribution in [2.45, 2.75) is 44.7 Å². The Labute approximate surface area is 138 Å². The summed E-state index contributed by atoms with van der Waals surface area (Å²) in [7, 11) is 0. The van der Waals surface area contributed by atoms with E-state index in [4.69, 9.17) is 5.73 Å². The van der Waals surface area contributed by atoms with E-state index in [-0.39, 0.29) is 11.6 Å². The first-order chi connectivity index (χ1) is 11.6. The fourth-order valence-electron chi connectivity index (χ4n) is 3.58. The van der Waals surface area contributed by atoms with Gasteiger partial charge < -0.3 is 15.6 Å². The molecule has 8 heteroatoms. The molecule has 2 aromatic heterocycles. The molecule has 1 aliphatic carbocycles. The molecule has 1 aliphatic heterocycles. The van der Waals surface area contributed by atoms with Gasteiger partial charge in [-0.05, 0) is 32.1 Å². The number of nitrogens with zero attached hydrogens (tertiary/aromatic N) is 3. The Morgan fingerprint density at radius 3 is 2.92 bits per heavy atom. The Hall–Kier alpha value is -2.35. The van der Waals surface area contributed by atoms with Gasteiger partial charge in [0.2, 0.25) is 5.95 Å². The molecular formula is C16H22N6O2. The number of hydrogen-bond donors (Lipinski definition) is 3. The minimum Gasteiger partial charge on any atom is -0.341 e. The van der Waals surface area contributed by atoms with Gasteiger partial charge in [0.05, 0.1) is 6.54 Å². The van der Waals surface area contributed by atoms with Crippen molar-refractivity contribution in [3.63, 3.8) is 0 Å². The SMILES string of the molecule is NC1CCCN(c2nc3[nH]c(=O)n(CC4=CCCC4)c(=O)c3[nH]2)C1. The Morgan fingerprint density at radius 2 is 2.17 bits per heavy atom.